The van der Waals surface area contributed by atoms with Gasteiger partial charge < -0.3 is 10.2 Å². The number of urea groups is 1. The molecule has 9 heteroatoms. The minimum atomic E-state index is -3.36. The summed E-state index contributed by atoms with van der Waals surface area (Å²) in [5, 5.41) is 3.46. The molecule has 182 valence electrons. The molecule has 2 aromatic rings. The molecular weight excluding hydrogens is 455 g/mol. The van der Waals surface area contributed by atoms with Crippen molar-refractivity contribution in [1.29, 1.82) is 0 Å². The van der Waals surface area contributed by atoms with Gasteiger partial charge in [0.25, 0.3) is 0 Å². The van der Waals surface area contributed by atoms with Gasteiger partial charge in [-0.3, -0.25) is 4.90 Å². The van der Waals surface area contributed by atoms with E-state index in [2.05, 4.69) is 10.3 Å². The summed E-state index contributed by atoms with van der Waals surface area (Å²) >= 11 is 0. The van der Waals surface area contributed by atoms with Crippen LogP contribution in [0.1, 0.15) is 44.1 Å². The maximum Gasteiger partial charge on any atom is 0.326 e. The Morgan fingerprint density at radius 3 is 2.44 bits per heavy atom. The maximum atomic E-state index is 14.0. The number of carbonyl (C=O) groups is 1. The summed E-state index contributed by atoms with van der Waals surface area (Å²) in [6.45, 7) is 1.26. The zero-order valence-electron chi connectivity index (χ0n) is 19.6. The summed E-state index contributed by atoms with van der Waals surface area (Å²) < 4.78 is 37.6. The van der Waals surface area contributed by atoms with Gasteiger partial charge in [-0.05, 0) is 81.3 Å². The molecule has 0 radical (unpaired) electrons. The zero-order chi connectivity index (χ0) is 24.1. The highest BCUT2D eigenvalue weighted by Crippen LogP contribution is 2.48. The van der Waals surface area contributed by atoms with Crippen LogP contribution in [-0.2, 0) is 15.4 Å². The number of halogens is 1. The molecule has 2 amide bonds. The molecule has 0 atom stereocenters. The lowest BCUT2D eigenvalue weighted by atomic mass is 9.69. The summed E-state index contributed by atoms with van der Waals surface area (Å²) in [5.74, 6) is 0.778. The van der Waals surface area contributed by atoms with Crippen molar-refractivity contribution in [3.8, 4) is 0 Å². The van der Waals surface area contributed by atoms with Gasteiger partial charge in [0.2, 0.25) is 0 Å². The largest absolute Gasteiger partial charge is 0.326 e. The molecule has 1 aromatic carbocycles. The van der Waals surface area contributed by atoms with Gasteiger partial charge in [0.05, 0.1) is 17.0 Å². The molecule has 2 aliphatic carbocycles. The van der Waals surface area contributed by atoms with Gasteiger partial charge in [-0.25, -0.2) is 22.6 Å². The Kier molecular flexibility index (Phi) is 5.67. The minimum absolute atomic E-state index is 0.0609. The smallest absolute Gasteiger partial charge is 0.317 e. The van der Waals surface area contributed by atoms with E-state index in [1.807, 2.05) is 18.0 Å². The van der Waals surface area contributed by atoms with Gasteiger partial charge in [0, 0.05) is 24.5 Å². The van der Waals surface area contributed by atoms with Gasteiger partial charge in [-0.1, -0.05) is 12.1 Å². The van der Waals surface area contributed by atoms with Crippen LogP contribution >= 0.6 is 0 Å². The van der Waals surface area contributed by atoms with Gasteiger partial charge in [-0.2, -0.15) is 0 Å². The van der Waals surface area contributed by atoms with E-state index in [0.717, 1.165) is 56.9 Å². The van der Waals surface area contributed by atoms with Crippen molar-refractivity contribution >= 4 is 21.7 Å². The minimum Gasteiger partial charge on any atom is -0.317 e. The maximum absolute atomic E-state index is 14.0. The van der Waals surface area contributed by atoms with Crippen LogP contribution in [-0.4, -0.2) is 56.3 Å². The number of nitrogens with one attached hydrogen (secondary N) is 1. The predicted octanol–water partition coefficient (Wildman–Crippen LogP) is 3.70. The second-order valence-electron chi connectivity index (χ2n) is 10.1. The molecular formula is C25H31FN4O3S. The number of rotatable bonds is 6. The van der Waals surface area contributed by atoms with Crippen LogP contribution < -0.4 is 10.2 Å². The van der Waals surface area contributed by atoms with Crippen molar-refractivity contribution < 1.29 is 17.6 Å². The number of pyridine rings is 1. The van der Waals surface area contributed by atoms with E-state index in [1.54, 1.807) is 23.1 Å². The van der Waals surface area contributed by atoms with E-state index in [-0.39, 0.29) is 27.8 Å². The number of aromatic nitrogens is 1. The van der Waals surface area contributed by atoms with Crippen LogP contribution in [0.25, 0.3) is 0 Å². The molecule has 7 nitrogen and oxygen atoms in total. The number of hydrogen-bond donors (Lipinski definition) is 1. The van der Waals surface area contributed by atoms with E-state index in [4.69, 9.17) is 0 Å². The molecule has 1 N–H and O–H groups in total. The first-order chi connectivity index (χ1) is 16.2. The highest BCUT2D eigenvalue weighted by molar-refractivity contribution is 7.90. The lowest BCUT2D eigenvalue weighted by molar-refractivity contribution is 0.0761. The first kappa shape index (κ1) is 23.2. The van der Waals surface area contributed by atoms with Crippen LogP contribution in [0.15, 0.2) is 47.5 Å². The number of carbonyl (C=O) groups excluding carboxylic acids is 1. The van der Waals surface area contributed by atoms with Crippen molar-refractivity contribution in [2.24, 2.45) is 5.92 Å². The molecule has 5 rings (SSSR count). The van der Waals surface area contributed by atoms with E-state index in [0.29, 0.717) is 18.3 Å². The Morgan fingerprint density at radius 1 is 1.15 bits per heavy atom. The third-order valence-corrected chi connectivity index (χ3v) is 9.04. The first-order valence-corrected chi connectivity index (χ1v) is 13.8. The molecule has 3 aliphatic rings. The van der Waals surface area contributed by atoms with Crippen LogP contribution in [0.3, 0.4) is 0 Å². The van der Waals surface area contributed by atoms with Gasteiger partial charge in [0.15, 0.2) is 9.84 Å². The zero-order valence-corrected chi connectivity index (χ0v) is 20.4. The van der Waals surface area contributed by atoms with Gasteiger partial charge in [0.1, 0.15) is 11.6 Å². The average molecular weight is 487 g/mol. The van der Waals surface area contributed by atoms with E-state index >= 15 is 0 Å². The summed E-state index contributed by atoms with van der Waals surface area (Å²) in [4.78, 5) is 21.8. The fraction of sp³-hybridized carbons (Fsp3) is 0.520. The van der Waals surface area contributed by atoms with Crippen molar-refractivity contribution in [2.45, 2.75) is 54.5 Å². The van der Waals surface area contributed by atoms with Gasteiger partial charge in [-0.15, -0.1) is 0 Å². The SMILES string of the molecule is CNC1(c2cccc(F)c2)CCC2(CC1)CN(c1ccc(S(C)(=O)=O)cn1)C(=O)N2CC1CC1. The van der Waals surface area contributed by atoms with E-state index in [1.165, 1.54) is 18.3 Å². The van der Waals surface area contributed by atoms with E-state index < -0.39 is 9.84 Å². The second kappa shape index (κ2) is 8.30. The Labute approximate surface area is 200 Å². The van der Waals surface area contributed by atoms with Crippen LogP contribution in [0, 0.1) is 11.7 Å². The topological polar surface area (TPSA) is 82.6 Å². The number of anilines is 1. The molecule has 1 spiro atoms. The van der Waals surface area contributed by atoms with Crippen molar-refractivity contribution in [1.82, 2.24) is 15.2 Å². The standard InChI is InChI=1S/C25H31FN4O3S/c1-27-25(19-4-3-5-20(26)14-19)12-10-24(11-13-25)17-29(23(31)30(24)16-18-6-7-18)22-9-8-21(15-28-22)34(2,32)33/h3-5,8-9,14-15,18,27H,6-7,10-13,16-17H2,1-2H3. The molecule has 1 saturated heterocycles. The first-order valence-electron chi connectivity index (χ1n) is 11.9. The molecule has 2 saturated carbocycles. The number of amides is 2. The Hall–Kier alpha value is -2.52. The number of benzene rings is 1. The quantitative estimate of drug-likeness (QED) is 0.673. The van der Waals surface area contributed by atoms with E-state index in [9.17, 15) is 17.6 Å². The third kappa shape index (κ3) is 4.09. The summed E-state index contributed by atoms with van der Waals surface area (Å²) in [6.07, 6.45) is 7.92. The summed E-state index contributed by atoms with van der Waals surface area (Å²) in [6, 6.07) is 9.86. The predicted molar refractivity (Wildman–Crippen MR) is 128 cm³/mol. The fourth-order valence-electron chi connectivity index (χ4n) is 5.60. The lowest BCUT2D eigenvalue weighted by Crippen LogP contribution is -2.55. The molecule has 3 fully saturated rings. The monoisotopic (exact) mass is 486 g/mol. The fourth-order valence-corrected chi connectivity index (χ4v) is 6.16. The van der Waals surface area contributed by atoms with Crippen LogP contribution in [0.4, 0.5) is 15.0 Å². The number of sulfone groups is 1. The normalized spacial score (nSPS) is 27.6. The Bertz CT molecular complexity index is 1190. The molecule has 2 heterocycles. The number of nitrogens with zero attached hydrogens (tertiary/aromatic N) is 3. The highest BCUT2D eigenvalue weighted by atomic mass is 32.2. The Morgan fingerprint density at radius 2 is 1.88 bits per heavy atom. The molecule has 1 aliphatic heterocycles. The second-order valence-corrected chi connectivity index (χ2v) is 12.1. The third-order valence-electron chi connectivity index (χ3n) is 7.94. The molecule has 1 aromatic heterocycles. The van der Waals surface area contributed by atoms with Gasteiger partial charge >= 0.3 is 6.03 Å². The van der Waals surface area contributed by atoms with Crippen molar-refractivity contribution in [3.05, 3.63) is 54.0 Å². The summed E-state index contributed by atoms with van der Waals surface area (Å²) in [7, 11) is -1.44. The lowest BCUT2D eigenvalue weighted by Gasteiger charge is -2.48. The van der Waals surface area contributed by atoms with Crippen LogP contribution in [0.5, 0.6) is 0 Å². The highest BCUT2D eigenvalue weighted by Gasteiger charge is 2.55. The molecule has 34 heavy (non-hydrogen) atoms. The Balaban J connectivity index is 1.43. The average Bonchev–Trinajstić information content (AvgIpc) is 3.61. The van der Waals surface area contributed by atoms with Crippen molar-refractivity contribution in [3.63, 3.8) is 0 Å². The van der Waals surface area contributed by atoms with Crippen LogP contribution in [0.2, 0.25) is 0 Å². The molecule has 0 bridgehead atoms. The van der Waals surface area contributed by atoms with Crippen molar-refractivity contribution in [2.75, 3.05) is 31.3 Å². The summed E-state index contributed by atoms with van der Waals surface area (Å²) in [5.41, 5.74) is 0.299. The molecule has 0 unspecified atom stereocenters. The number of hydrogen-bond acceptors (Lipinski definition) is 5.